The molecule has 1 fully saturated rings. The highest BCUT2D eigenvalue weighted by Gasteiger charge is 2.39. The molecule has 1 aliphatic heterocycles. The van der Waals surface area contributed by atoms with Crippen molar-refractivity contribution in [2.24, 2.45) is 17.6 Å². The van der Waals surface area contributed by atoms with Gasteiger partial charge in [-0.05, 0) is 25.4 Å². The first-order valence-corrected chi connectivity index (χ1v) is 4.37. The molecular formula is C8H15F3N2. The van der Waals surface area contributed by atoms with Crippen molar-refractivity contribution in [2.45, 2.75) is 12.6 Å². The Hall–Kier alpha value is -0.290. The van der Waals surface area contributed by atoms with Crippen LogP contribution >= 0.6 is 0 Å². The summed E-state index contributed by atoms with van der Waals surface area (Å²) in [6, 6.07) is 0. The summed E-state index contributed by atoms with van der Waals surface area (Å²) in [7, 11) is 1.83. The monoisotopic (exact) mass is 196 g/mol. The SMILES string of the molecule is CN1CC(CN)C(CC(F)(F)F)C1. The first-order valence-electron chi connectivity index (χ1n) is 4.37. The van der Waals surface area contributed by atoms with E-state index in [1.807, 2.05) is 11.9 Å². The standard InChI is InChI=1S/C8H15F3N2/c1-13-4-6(2-8(9,10)11)7(3-12)5-13/h6-7H,2-5,12H2,1H3. The van der Waals surface area contributed by atoms with E-state index in [0.29, 0.717) is 19.6 Å². The van der Waals surface area contributed by atoms with Gasteiger partial charge in [0, 0.05) is 19.5 Å². The predicted octanol–water partition coefficient (Wildman–Crippen LogP) is 1.08. The predicted molar refractivity (Wildman–Crippen MR) is 44.2 cm³/mol. The van der Waals surface area contributed by atoms with Crippen molar-refractivity contribution in [2.75, 3.05) is 26.7 Å². The van der Waals surface area contributed by atoms with Crippen molar-refractivity contribution in [1.29, 1.82) is 0 Å². The first kappa shape index (κ1) is 10.8. The number of likely N-dealkylation sites (tertiary alicyclic amines) is 1. The number of alkyl halides is 3. The quantitative estimate of drug-likeness (QED) is 0.716. The van der Waals surface area contributed by atoms with Crippen LogP contribution in [-0.4, -0.2) is 37.8 Å². The zero-order chi connectivity index (χ0) is 10.1. The lowest BCUT2D eigenvalue weighted by atomic mass is 9.93. The molecule has 0 aromatic carbocycles. The van der Waals surface area contributed by atoms with Crippen molar-refractivity contribution in [3.8, 4) is 0 Å². The van der Waals surface area contributed by atoms with Gasteiger partial charge in [0.25, 0.3) is 0 Å². The Labute approximate surface area is 75.9 Å². The van der Waals surface area contributed by atoms with E-state index in [9.17, 15) is 13.2 Å². The first-order chi connectivity index (χ1) is 5.92. The topological polar surface area (TPSA) is 29.3 Å². The molecule has 0 bridgehead atoms. The molecule has 2 nitrogen and oxygen atoms in total. The summed E-state index contributed by atoms with van der Waals surface area (Å²) >= 11 is 0. The molecule has 1 aliphatic rings. The summed E-state index contributed by atoms with van der Waals surface area (Å²) in [5.41, 5.74) is 5.41. The molecule has 78 valence electrons. The summed E-state index contributed by atoms with van der Waals surface area (Å²) < 4.78 is 36.3. The second-order valence-electron chi connectivity index (χ2n) is 3.80. The third-order valence-electron chi connectivity index (χ3n) is 2.56. The van der Waals surface area contributed by atoms with Crippen LogP contribution in [0.2, 0.25) is 0 Å². The third kappa shape index (κ3) is 3.15. The molecule has 13 heavy (non-hydrogen) atoms. The Morgan fingerprint density at radius 3 is 2.31 bits per heavy atom. The maximum atomic E-state index is 12.1. The van der Waals surface area contributed by atoms with Gasteiger partial charge >= 0.3 is 6.18 Å². The zero-order valence-corrected chi connectivity index (χ0v) is 7.64. The molecule has 2 N–H and O–H groups in total. The van der Waals surface area contributed by atoms with Gasteiger partial charge in [-0.3, -0.25) is 0 Å². The molecule has 2 unspecified atom stereocenters. The lowest BCUT2D eigenvalue weighted by Gasteiger charge is -2.17. The van der Waals surface area contributed by atoms with E-state index in [4.69, 9.17) is 5.73 Å². The van der Waals surface area contributed by atoms with Gasteiger partial charge in [-0.1, -0.05) is 0 Å². The van der Waals surface area contributed by atoms with Crippen LogP contribution in [0.1, 0.15) is 6.42 Å². The van der Waals surface area contributed by atoms with Crippen LogP contribution in [0.25, 0.3) is 0 Å². The molecule has 5 heteroatoms. The van der Waals surface area contributed by atoms with Crippen LogP contribution in [0, 0.1) is 11.8 Å². The molecule has 1 rings (SSSR count). The highest BCUT2D eigenvalue weighted by Crippen LogP contribution is 2.32. The van der Waals surface area contributed by atoms with Gasteiger partial charge in [0.1, 0.15) is 0 Å². The fourth-order valence-corrected chi connectivity index (χ4v) is 1.97. The summed E-state index contributed by atoms with van der Waals surface area (Å²) in [5, 5.41) is 0. The molecule has 0 spiro atoms. The van der Waals surface area contributed by atoms with E-state index in [0.717, 1.165) is 0 Å². The molecule has 0 aliphatic carbocycles. The molecule has 0 aromatic heterocycles. The minimum absolute atomic E-state index is 0.00613. The van der Waals surface area contributed by atoms with Crippen molar-refractivity contribution in [3.63, 3.8) is 0 Å². The van der Waals surface area contributed by atoms with E-state index in [-0.39, 0.29) is 11.8 Å². The Morgan fingerprint density at radius 2 is 1.85 bits per heavy atom. The van der Waals surface area contributed by atoms with Gasteiger partial charge in [0.15, 0.2) is 0 Å². The van der Waals surface area contributed by atoms with Gasteiger partial charge in [0.2, 0.25) is 0 Å². The van der Waals surface area contributed by atoms with E-state index in [1.165, 1.54) is 0 Å². The number of nitrogens with zero attached hydrogens (tertiary/aromatic N) is 1. The Balaban J connectivity index is 2.49. The lowest BCUT2D eigenvalue weighted by molar-refractivity contribution is -0.145. The minimum atomic E-state index is -4.05. The fraction of sp³-hybridized carbons (Fsp3) is 1.00. The molecule has 1 saturated heterocycles. The fourth-order valence-electron chi connectivity index (χ4n) is 1.97. The largest absolute Gasteiger partial charge is 0.389 e. The molecule has 0 radical (unpaired) electrons. The third-order valence-corrected chi connectivity index (χ3v) is 2.56. The van der Waals surface area contributed by atoms with Gasteiger partial charge in [-0.2, -0.15) is 13.2 Å². The van der Waals surface area contributed by atoms with Gasteiger partial charge in [-0.15, -0.1) is 0 Å². The van der Waals surface area contributed by atoms with E-state index >= 15 is 0 Å². The summed E-state index contributed by atoms with van der Waals surface area (Å²) in [4.78, 5) is 1.91. The molecule has 2 atom stereocenters. The number of halogens is 3. The van der Waals surface area contributed by atoms with Crippen LogP contribution in [0.3, 0.4) is 0 Å². The molecule has 0 amide bonds. The van der Waals surface area contributed by atoms with Crippen LogP contribution in [0.15, 0.2) is 0 Å². The van der Waals surface area contributed by atoms with E-state index in [1.54, 1.807) is 0 Å². The van der Waals surface area contributed by atoms with Crippen molar-refractivity contribution in [3.05, 3.63) is 0 Å². The molecule has 1 heterocycles. The normalized spacial score (nSPS) is 31.2. The van der Waals surface area contributed by atoms with Gasteiger partial charge in [-0.25, -0.2) is 0 Å². The number of hydrogen-bond acceptors (Lipinski definition) is 2. The van der Waals surface area contributed by atoms with E-state index in [2.05, 4.69) is 0 Å². The number of hydrogen-bond donors (Lipinski definition) is 1. The van der Waals surface area contributed by atoms with Crippen molar-refractivity contribution < 1.29 is 13.2 Å². The highest BCUT2D eigenvalue weighted by atomic mass is 19.4. The Morgan fingerprint density at radius 1 is 1.31 bits per heavy atom. The molecule has 0 saturated carbocycles. The summed E-state index contributed by atoms with van der Waals surface area (Å²) in [5.74, 6) is -0.304. The lowest BCUT2D eigenvalue weighted by Crippen LogP contribution is -2.26. The second-order valence-corrected chi connectivity index (χ2v) is 3.80. The average molecular weight is 196 g/mol. The maximum absolute atomic E-state index is 12.1. The van der Waals surface area contributed by atoms with Crippen molar-refractivity contribution in [1.82, 2.24) is 4.90 Å². The van der Waals surface area contributed by atoms with Crippen molar-refractivity contribution >= 4 is 0 Å². The molecule has 0 aromatic rings. The van der Waals surface area contributed by atoms with Gasteiger partial charge in [0.05, 0.1) is 0 Å². The van der Waals surface area contributed by atoms with Crippen LogP contribution in [-0.2, 0) is 0 Å². The van der Waals surface area contributed by atoms with E-state index < -0.39 is 12.6 Å². The second kappa shape index (κ2) is 3.84. The van der Waals surface area contributed by atoms with Crippen LogP contribution in [0.5, 0.6) is 0 Å². The number of nitrogens with two attached hydrogens (primary N) is 1. The zero-order valence-electron chi connectivity index (χ0n) is 7.64. The molecular weight excluding hydrogens is 181 g/mol. The summed E-state index contributed by atoms with van der Waals surface area (Å²) in [6.07, 6.45) is -4.75. The Bertz CT molecular complexity index is 169. The van der Waals surface area contributed by atoms with Gasteiger partial charge < -0.3 is 10.6 Å². The maximum Gasteiger partial charge on any atom is 0.389 e. The summed E-state index contributed by atoms with van der Waals surface area (Å²) in [6.45, 7) is 1.56. The average Bonchev–Trinajstić information content (AvgIpc) is 2.27. The Kier molecular flexibility index (Phi) is 3.18. The highest BCUT2D eigenvalue weighted by molar-refractivity contribution is 4.84. The smallest absolute Gasteiger partial charge is 0.330 e. The van der Waals surface area contributed by atoms with Crippen LogP contribution < -0.4 is 5.73 Å². The minimum Gasteiger partial charge on any atom is -0.330 e. The van der Waals surface area contributed by atoms with Crippen LogP contribution in [0.4, 0.5) is 13.2 Å². The number of rotatable bonds is 2.